The molecule has 134 valence electrons. The minimum absolute atomic E-state index is 0.0573. The second kappa shape index (κ2) is 7.12. The third-order valence-electron chi connectivity index (χ3n) is 3.71. The van der Waals surface area contributed by atoms with Gasteiger partial charge in [-0.1, -0.05) is 18.2 Å². The Morgan fingerprint density at radius 3 is 2.42 bits per heavy atom. The van der Waals surface area contributed by atoms with E-state index in [-0.39, 0.29) is 23.0 Å². The fourth-order valence-electron chi connectivity index (χ4n) is 2.46. The fourth-order valence-corrected chi connectivity index (χ4v) is 2.81. The van der Waals surface area contributed by atoms with Gasteiger partial charge in [-0.05, 0) is 41.9 Å². The zero-order chi connectivity index (χ0) is 18.8. The smallest absolute Gasteiger partial charge is 0.290 e. The van der Waals surface area contributed by atoms with Crippen LogP contribution in [0, 0.1) is 0 Å². The molecule has 0 aliphatic rings. The molecular formula is C17H16BrN5O3. The van der Waals surface area contributed by atoms with Crippen molar-refractivity contribution in [3.8, 4) is 0 Å². The third kappa shape index (κ3) is 3.38. The zero-order valence-electron chi connectivity index (χ0n) is 14.0. The van der Waals surface area contributed by atoms with E-state index >= 15 is 0 Å². The standard InChI is InChI=1S/C17H16BrN5O3/c1-9(2)23-17(26)12-6-4-3-5-11(12)14(22-23)16(25)21-20-15(24)13-7-10(18)8-19-13/h3-9,19H,1-2H3,(H,20,24)(H,21,25). The number of hydrogen-bond donors (Lipinski definition) is 3. The third-order valence-corrected chi connectivity index (χ3v) is 4.17. The highest BCUT2D eigenvalue weighted by molar-refractivity contribution is 9.10. The van der Waals surface area contributed by atoms with E-state index < -0.39 is 11.8 Å². The number of hydrogen-bond acceptors (Lipinski definition) is 4. The maximum Gasteiger partial charge on any atom is 0.290 e. The minimum Gasteiger partial charge on any atom is -0.356 e. The SMILES string of the molecule is CC(C)n1nc(C(=O)NNC(=O)c2cc(Br)c[nH]2)c2ccccc2c1=O. The lowest BCUT2D eigenvalue weighted by molar-refractivity contribution is 0.0841. The van der Waals surface area contributed by atoms with Gasteiger partial charge in [0, 0.05) is 16.1 Å². The summed E-state index contributed by atoms with van der Waals surface area (Å²) in [5, 5.41) is 4.99. The summed E-state index contributed by atoms with van der Waals surface area (Å²) in [6.45, 7) is 3.60. The molecule has 0 spiro atoms. The van der Waals surface area contributed by atoms with E-state index in [0.29, 0.717) is 15.2 Å². The molecule has 9 heteroatoms. The molecule has 0 saturated carbocycles. The molecule has 26 heavy (non-hydrogen) atoms. The number of carbonyl (C=O) groups excluding carboxylic acids is 2. The van der Waals surface area contributed by atoms with Gasteiger partial charge in [0.2, 0.25) is 0 Å². The Hall–Kier alpha value is -2.94. The van der Waals surface area contributed by atoms with Crippen LogP contribution in [0.4, 0.5) is 0 Å². The van der Waals surface area contributed by atoms with Gasteiger partial charge in [0.1, 0.15) is 5.69 Å². The highest BCUT2D eigenvalue weighted by Gasteiger charge is 2.18. The van der Waals surface area contributed by atoms with Gasteiger partial charge in [0.25, 0.3) is 17.4 Å². The Kier molecular flexibility index (Phi) is 4.90. The predicted molar refractivity (Wildman–Crippen MR) is 99.8 cm³/mol. The Morgan fingerprint density at radius 2 is 1.81 bits per heavy atom. The van der Waals surface area contributed by atoms with Crippen LogP contribution in [-0.4, -0.2) is 26.6 Å². The van der Waals surface area contributed by atoms with Gasteiger partial charge < -0.3 is 4.98 Å². The van der Waals surface area contributed by atoms with Crippen LogP contribution in [-0.2, 0) is 0 Å². The van der Waals surface area contributed by atoms with Crippen molar-refractivity contribution in [2.45, 2.75) is 19.9 Å². The Morgan fingerprint density at radius 1 is 1.15 bits per heavy atom. The Bertz CT molecular complexity index is 1050. The molecule has 2 aromatic heterocycles. The summed E-state index contributed by atoms with van der Waals surface area (Å²) in [5.41, 5.74) is 4.72. The number of nitrogens with one attached hydrogen (secondary N) is 3. The number of aromatic amines is 1. The minimum atomic E-state index is -0.616. The number of carbonyl (C=O) groups is 2. The lowest BCUT2D eigenvalue weighted by Crippen LogP contribution is -2.43. The lowest BCUT2D eigenvalue weighted by Gasteiger charge is -2.13. The summed E-state index contributed by atoms with van der Waals surface area (Å²) in [6.07, 6.45) is 1.60. The maximum atomic E-state index is 12.6. The monoisotopic (exact) mass is 417 g/mol. The van der Waals surface area contributed by atoms with Gasteiger partial charge in [-0.2, -0.15) is 5.10 Å². The first-order chi connectivity index (χ1) is 12.4. The number of hydrazine groups is 1. The summed E-state index contributed by atoms with van der Waals surface area (Å²) in [4.78, 5) is 39.8. The van der Waals surface area contributed by atoms with Gasteiger partial charge in [0.05, 0.1) is 11.4 Å². The topological polar surface area (TPSA) is 109 Å². The van der Waals surface area contributed by atoms with E-state index in [0.717, 1.165) is 0 Å². The van der Waals surface area contributed by atoms with Crippen LogP contribution in [0.25, 0.3) is 10.8 Å². The van der Waals surface area contributed by atoms with E-state index in [1.807, 2.05) is 0 Å². The average molecular weight is 418 g/mol. The normalized spacial score (nSPS) is 10.9. The molecule has 0 unspecified atom stereocenters. The number of fused-ring (bicyclic) bond motifs is 1. The zero-order valence-corrected chi connectivity index (χ0v) is 15.6. The fraction of sp³-hybridized carbons (Fsp3) is 0.176. The molecule has 0 bridgehead atoms. The van der Waals surface area contributed by atoms with Crippen molar-refractivity contribution in [2.24, 2.45) is 0 Å². The van der Waals surface area contributed by atoms with E-state index in [1.165, 1.54) is 4.68 Å². The molecule has 8 nitrogen and oxygen atoms in total. The molecular weight excluding hydrogens is 402 g/mol. The largest absolute Gasteiger partial charge is 0.356 e. The molecule has 0 fully saturated rings. The number of amides is 2. The van der Waals surface area contributed by atoms with Gasteiger partial charge in [-0.3, -0.25) is 25.2 Å². The van der Waals surface area contributed by atoms with Crippen LogP contribution >= 0.6 is 15.9 Å². The molecule has 3 aromatic rings. The number of aromatic nitrogens is 3. The van der Waals surface area contributed by atoms with Crippen molar-refractivity contribution in [2.75, 3.05) is 0 Å². The van der Waals surface area contributed by atoms with Crippen molar-refractivity contribution >= 4 is 38.5 Å². The second-order valence-electron chi connectivity index (χ2n) is 5.88. The highest BCUT2D eigenvalue weighted by Crippen LogP contribution is 2.14. The first-order valence-electron chi connectivity index (χ1n) is 7.84. The molecule has 0 aliphatic heterocycles. The van der Waals surface area contributed by atoms with Crippen molar-refractivity contribution in [3.63, 3.8) is 0 Å². The molecule has 1 aromatic carbocycles. The number of benzene rings is 1. The molecule has 0 radical (unpaired) electrons. The van der Waals surface area contributed by atoms with Crippen LogP contribution in [0.15, 0.2) is 45.8 Å². The van der Waals surface area contributed by atoms with E-state index in [4.69, 9.17) is 0 Å². The molecule has 2 heterocycles. The molecule has 0 aliphatic carbocycles. The van der Waals surface area contributed by atoms with Gasteiger partial charge >= 0.3 is 0 Å². The second-order valence-corrected chi connectivity index (χ2v) is 6.79. The van der Waals surface area contributed by atoms with Crippen molar-refractivity contribution in [3.05, 3.63) is 62.7 Å². The molecule has 3 rings (SSSR count). The quantitative estimate of drug-likeness (QED) is 0.567. The van der Waals surface area contributed by atoms with Crippen LogP contribution < -0.4 is 16.4 Å². The van der Waals surface area contributed by atoms with Crippen molar-refractivity contribution in [1.29, 1.82) is 0 Å². The van der Waals surface area contributed by atoms with Gasteiger partial charge in [-0.25, -0.2) is 4.68 Å². The summed E-state index contributed by atoms with van der Waals surface area (Å²) in [6, 6.07) is 8.09. The van der Waals surface area contributed by atoms with Crippen LogP contribution in [0.1, 0.15) is 40.9 Å². The summed E-state index contributed by atoms with van der Waals surface area (Å²) in [7, 11) is 0. The van der Waals surface area contributed by atoms with Crippen molar-refractivity contribution in [1.82, 2.24) is 25.6 Å². The first kappa shape index (κ1) is 17.9. The number of nitrogens with zero attached hydrogens (tertiary/aromatic N) is 2. The van der Waals surface area contributed by atoms with Crippen LogP contribution in [0.3, 0.4) is 0 Å². The highest BCUT2D eigenvalue weighted by atomic mass is 79.9. The summed E-state index contributed by atoms with van der Waals surface area (Å²) < 4.78 is 1.96. The number of H-pyrrole nitrogens is 1. The lowest BCUT2D eigenvalue weighted by atomic mass is 10.1. The van der Waals surface area contributed by atoms with E-state index in [1.54, 1.807) is 50.4 Å². The average Bonchev–Trinajstić information content (AvgIpc) is 3.06. The number of halogens is 1. The van der Waals surface area contributed by atoms with E-state index in [9.17, 15) is 14.4 Å². The molecule has 0 saturated heterocycles. The van der Waals surface area contributed by atoms with Crippen LogP contribution in [0.5, 0.6) is 0 Å². The van der Waals surface area contributed by atoms with Gasteiger partial charge in [0.15, 0.2) is 5.69 Å². The molecule has 3 N–H and O–H groups in total. The van der Waals surface area contributed by atoms with Gasteiger partial charge in [-0.15, -0.1) is 0 Å². The predicted octanol–water partition coefficient (Wildman–Crippen LogP) is 2.14. The Labute approximate surface area is 156 Å². The number of rotatable bonds is 3. The molecule has 2 amide bonds. The summed E-state index contributed by atoms with van der Waals surface area (Å²) >= 11 is 3.23. The van der Waals surface area contributed by atoms with E-state index in [2.05, 4.69) is 36.9 Å². The van der Waals surface area contributed by atoms with Crippen molar-refractivity contribution < 1.29 is 9.59 Å². The Balaban J connectivity index is 1.91. The summed E-state index contributed by atoms with van der Waals surface area (Å²) in [5.74, 6) is -1.12. The molecule has 0 atom stereocenters. The van der Waals surface area contributed by atoms with Crippen LogP contribution in [0.2, 0.25) is 0 Å². The first-order valence-corrected chi connectivity index (χ1v) is 8.64. The maximum absolute atomic E-state index is 12.6.